The van der Waals surface area contributed by atoms with Gasteiger partial charge < -0.3 is 13.9 Å². The lowest BCUT2D eigenvalue weighted by atomic mass is 10.1. The maximum absolute atomic E-state index is 12.6. The molecule has 0 unspecified atom stereocenters. The Hall–Kier alpha value is -3.36. The minimum absolute atomic E-state index is 0.160. The normalized spacial score (nSPS) is 11.1. The third-order valence-corrected chi connectivity index (χ3v) is 6.23. The van der Waals surface area contributed by atoms with E-state index in [0.29, 0.717) is 36.7 Å². The predicted molar refractivity (Wildman–Crippen MR) is 149 cm³/mol. The van der Waals surface area contributed by atoms with Gasteiger partial charge in [-0.05, 0) is 70.7 Å². The molecule has 0 fully saturated rings. The van der Waals surface area contributed by atoms with E-state index in [-0.39, 0.29) is 5.76 Å². The summed E-state index contributed by atoms with van der Waals surface area (Å²) in [5, 5.41) is 4.92. The van der Waals surface area contributed by atoms with Crippen LogP contribution in [0.5, 0.6) is 11.5 Å². The lowest BCUT2D eigenvalue weighted by molar-refractivity contribution is 0.0929. The van der Waals surface area contributed by atoms with Crippen LogP contribution in [0.2, 0.25) is 0 Å². The summed E-state index contributed by atoms with van der Waals surface area (Å²) in [4.78, 5) is 12.6. The zero-order valence-electron chi connectivity index (χ0n) is 19.6. The lowest BCUT2D eigenvalue weighted by Gasteiger charge is -2.16. The molecule has 3 aromatic carbocycles. The summed E-state index contributed by atoms with van der Waals surface area (Å²) in [5.41, 5.74) is 5.83. The fraction of sp³-hybridized carbons (Fsp3) is 0.143. The fourth-order valence-electron chi connectivity index (χ4n) is 3.63. The van der Waals surface area contributed by atoms with Crippen LogP contribution in [0.25, 0.3) is 11.0 Å². The third kappa shape index (κ3) is 6.25. The summed E-state index contributed by atoms with van der Waals surface area (Å²) in [5.74, 6) is 0.978. The van der Waals surface area contributed by atoms with Crippen molar-refractivity contribution < 1.29 is 18.7 Å². The minimum Gasteiger partial charge on any atom is -0.490 e. The van der Waals surface area contributed by atoms with Gasteiger partial charge in [-0.25, -0.2) is 5.43 Å². The molecule has 36 heavy (non-hydrogen) atoms. The molecule has 1 N–H and O–H groups in total. The van der Waals surface area contributed by atoms with E-state index in [1.807, 2.05) is 61.5 Å². The Bertz CT molecular complexity index is 1410. The van der Waals surface area contributed by atoms with E-state index in [9.17, 15) is 4.79 Å². The van der Waals surface area contributed by atoms with Crippen molar-refractivity contribution >= 4 is 55.0 Å². The molecule has 0 aliphatic carbocycles. The van der Waals surface area contributed by atoms with Crippen LogP contribution in [0, 0.1) is 0 Å². The van der Waals surface area contributed by atoms with Gasteiger partial charge in [0.1, 0.15) is 12.2 Å². The molecule has 0 atom stereocenters. The Kier molecular flexibility index (Phi) is 8.61. The molecule has 8 heteroatoms. The van der Waals surface area contributed by atoms with Gasteiger partial charge in [0.2, 0.25) is 0 Å². The highest BCUT2D eigenvalue weighted by molar-refractivity contribution is 9.11. The first-order valence-corrected chi connectivity index (χ1v) is 12.9. The Morgan fingerprint density at radius 2 is 1.92 bits per heavy atom. The molecule has 6 nitrogen and oxygen atoms in total. The van der Waals surface area contributed by atoms with Crippen molar-refractivity contribution in [3.05, 3.63) is 105 Å². The molecular weight excluding hydrogens is 588 g/mol. The molecule has 0 aliphatic heterocycles. The number of halogens is 2. The number of carbonyl (C=O) groups is 1. The molecule has 1 amide bonds. The first-order valence-electron chi connectivity index (χ1n) is 11.3. The maximum atomic E-state index is 12.6. The number of nitrogens with one attached hydrogen (secondary N) is 1. The Balaban J connectivity index is 1.53. The Morgan fingerprint density at radius 3 is 2.67 bits per heavy atom. The smallest absolute Gasteiger partial charge is 0.307 e. The van der Waals surface area contributed by atoms with Gasteiger partial charge in [-0.3, -0.25) is 4.79 Å². The molecular formula is C28H24Br2N2O4. The minimum atomic E-state index is -0.454. The van der Waals surface area contributed by atoms with Crippen molar-refractivity contribution in [2.24, 2.45) is 5.10 Å². The van der Waals surface area contributed by atoms with Crippen LogP contribution in [0.3, 0.4) is 0 Å². The zero-order valence-corrected chi connectivity index (χ0v) is 22.8. The van der Waals surface area contributed by atoms with Crippen LogP contribution >= 0.6 is 31.9 Å². The highest BCUT2D eigenvalue weighted by Crippen LogP contribution is 2.34. The monoisotopic (exact) mass is 610 g/mol. The number of fused-ring (bicyclic) bond motifs is 1. The van der Waals surface area contributed by atoms with Gasteiger partial charge in [-0.1, -0.05) is 52.3 Å². The van der Waals surface area contributed by atoms with Gasteiger partial charge in [-0.2, -0.15) is 5.10 Å². The molecule has 0 saturated heterocycles. The standard InChI is InChI=1S/C28H24Br2N2O4/c1-3-8-20-11-19(12-24(34-4-2)27(20)35-17-18-9-6-5-7-10-18)16-31-32-28(33)25-14-21-13-22(29)15-23(30)26(21)36-25/h3,5-7,9-16H,1,4,8,17H2,2H3,(H,32,33)/b31-16-. The van der Waals surface area contributed by atoms with Crippen LogP contribution < -0.4 is 14.9 Å². The van der Waals surface area contributed by atoms with Crippen LogP contribution in [0.4, 0.5) is 0 Å². The van der Waals surface area contributed by atoms with Gasteiger partial charge in [-0.15, -0.1) is 6.58 Å². The van der Waals surface area contributed by atoms with Gasteiger partial charge in [0, 0.05) is 15.4 Å². The largest absolute Gasteiger partial charge is 0.490 e. The summed E-state index contributed by atoms with van der Waals surface area (Å²) in [6, 6.07) is 19.1. The van der Waals surface area contributed by atoms with Crippen LogP contribution in [-0.2, 0) is 13.0 Å². The average Bonchev–Trinajstić information content (AvgIpc) is 3.29. The quantitative estimate of drug-likeness (QED) is 0.115. The first kappa shape index (κ1) is 25.7. The number of hydrazone groups is 1. The van der Waals surface area contributed by atoms with E-state index in [1.54, 1.807) is 18.4 Å². The SMILES string of the molecule is C=CCc1cc(/C=N\NC(=O)c2cc3cc(Br)cc(Br)c3o2)cc(OCC)c1OCc1ccccc1. The Labute approximate surface area is 226 Å². The van der Waals surface area contributed by atoms with Crippen LogP contribution in [-0.4, -0.2) is 18.7 Å². The molecule has 0 aliphatic rings. The topological polar surface area (TPSA) is 73.1 Å². The predicted octanol–water partition coefficient (Wildman–Crippen LogP) is 7.43. The Morgan fingerprint density at radius 1 is 1.11 bits per heavy atom. The molecule has 0 radical (unpaired) electrons. The van der Waals surface area contributed by atoms with Crippen molar-refractivity contribution in [3.63, 3.8) is 0 Å². The number of allylic oxidation sites excluding steroid dienone is 1. The van der Waals surface area contributed by atoms with E-state index in [1.165, 1.54) is 0 Å². The number of furan rings is 1. The average molecular weight is 612 g/mol. The van der Waals surface area contributed by atoms with E-state index in [4.69, 9.17) is 13.9 Å². The summed E-state index contributed by atoms with van der Waals surface area (Å²) >= 11 is 6.88. The molecule has 0 saturated carbocycles. The molecule has 4 rings (SSSR count). The summed E-state index contributed by atoms with van der Waals surface area (Å²) in [7, 11) is 0. The summed E-state index contributed by atoms with van der Waals surface area (Å²) in [6.45, 7) is 6.67. The van der Waals surface area contributed by atoms with E-state index >= 15 is 0 Å². The second-order valence-corrected chi connectivity index (χ2v) is 9.59. The lowest BCUT2D eigenvalue weighted by Crippen LogP contribution is -2.16. The van der Waals surface area contributed by atoms with E-state index in [2.05, 4.69) is 49.0 Å². The van der Waals surface area contributed by atoms with Gasteiger partial charge in [0.25, 0.3) is 0 Å². The number of benzene rings is 3. The van der Waals surface area contributed by atoms with E-state index < -0.39 is 5.91 Å². The van der Waals surface area contributed by atoms with Gasteiger partial charge in [0.15, 0.2) is 17.3 Å². The van der Waals surface area contributed by atoms with Crippen molar-refractivity contribution in [2.75, 3.05) is 6.61 Å². The van der Waals surface area contributed by atoms with Crippen LogP contribution in [0.1, 0.15) is 34.2 Å². The number of carbonyl (C=O) groups excluding carboxylic acids is 1. The molecule has 184 valence electrons. The van der Waals surface area contributed by atoms with Crippen molar-refractivity contribution in [1.82, 2.24) is 5.43 Å². The van der Waals surface area contributed by atoms with Crippen molar-refractivity contribution in [2.45, 2.75) is 20.0 Å². The first-order chi connectivity index (χ1) is 17.5. The molecule has 1 heterocycles. The maximum Gasteiger partial charge on any atom is 0.307 e. The third-order valence-electron chi connectivity index (χ3n) is 5.18. The molecule has 1 aromatic heterocycles. The number of ether oxygens (including phenoxy) is 2. The molecule has 4 aromatic rings. The van der Waals surface area contributed by atoms with Crippen molar-refractivity contribution in [3.8, 4) is 11.5 Å². The van der Waals surface area contributed by atoms with Gasteiger partial charge in [0.05, 0.1) is 17.3 Å². The van der Waals surface area contributed by atoms with Crippen molar-refractivity contribution in [1.29, 1.82) is 0 Å². The van der Waals surface area contributed by atoms with Crippen LogP contribution in [0.15, 0.2) is 91.8 Å². The highest BCUT2D eigenvalue weighted by atomic mass is 79.9. The van der Waals surface area contributed by atoms with E-state index in [0.717, 1.165) is 31.0 Å². The highest BCUT2D eigenvalue weighted by Gasteiger charge is 2.15. The second-order valence-electron chi connectivity index (χ2n) is 7.82. The zero-order chi connectivity index (χ0) is 25.5. The number of rotatable bonds is 10. The summed E-state index contributed by atoms with van der Waals surface area (Å²) < 4.78 is 19.4. The van der Waals surface area contributed by atoms with Gasteiger partial charge >= 0.3 is 5.91 Å². The number of hydrogen-bond acceptors (Lipinski definition) is 5. The number of hydrogen-bond donors (Lipinski definition) is 1. The second kappa shape index (κ2) is 12.1. The summed E-state index contributed by atoms with van der Waals surface area (Å²) in [6.07, 6.45) is 3.95. The fourth-order valence-corrected chi connectivity index (χ4v) is 4.97. The molecule has 0 spiro atoms. The molecule has 0 bridgehead atoms. The number of amides is 1. The number of nitrogens with zero attached hydrogens (tertiary/aromatic N) is 1.